The highest BCUT2D eigenvalue weighted by molar-refractivity contribution is 5.84. The molecule has 14 heavy (non-hydrogen) atoms. The fourth-order valence-electron chi connectivity index (χ4n) is 1.36. The standard InChI is InChI=1S/C9H9F2N3/c1-9(10,11)8-6-4-5(12)2-3-7(6)13-14-8/h2-4H,12H2,1H3,(H,13,14). The van der Waals surface area contributed by atoms with Gasteiger partial charge in [0, 0.05) is 18.0 Å². The van der Waals surface area contributed by atoms with Crippen LogP contribution in [0, 0.1) is 0 Å². The largest absolute Gasteiger partial charge is 0.399 e. The summed E-state index contributed by atoms with van der Waals surface area (Å²) < 4.78 is 26.1. The molecule has 0 aliphatic rings. The molecule has 0 bridgehead atoms. The SMILES string of the molecule is CC(F)(F)c1[nH]nc2ccc(N)cc12. The van der Waals surface area contributed by atoms with Crippen LogP contribution in [-0.2, 0) is 5.92 Å². The first kappa shape index (κ1) is 8.93. The molecule has 1 aromatic carbocycles. The van der Waals surface area contributed by atoms with Gasteiger partial charge in [0.25, 0.3) is 5.92 Å². The molecular formula is C9H9F2N3. The topological polar surface area (TPSA) is 54.7 Å². The Hall–Kier alpha value is -1.65. The molecule has 0 fully saturated rings. The molecule has 74 valence electrons. The summed E-state index contributed by atoms with van der Waals surface area (Å²) in [5.41, 5.74) is 6.26. The van der Waals surface area contributed by atoms with Crippen LogP contribution in [0.1, 0.15) is 12.6 Å². The average Bonchev–Trinajstić information content (AvgIpc) is 2.45. The van der Waals surface area contributed by atoms with E-state index in [1.807, 2.05) is 0 Å². The van der Waals surface area contributed by atoms with Crippen molar-refractivity contribution in [3.63, 3.8) is 0 Å². The van der Waals surface area contributed by atoms with Crippen LogP contribution in [0.5, 0.6) is 0 Å². The Kier molecular flexibility index (Phi) is 1.70. The molecule has 0 aliphatic carbocycles. The smallest absolute Gasteiger partial charge is 0.287 e. The van der Waals surface area contributed by atoms with Crippen LogP contribution < -0.4 is 5.73 Å². The van der Waals surface area contributed by atoms with Gasteiger partial charge in [-0.1, -0.05) is 0 Å². The van der Waals surface area contributed by atoms with Crippen molar-refractivity contribution in [1.29, 1.82) is 0 Å². The molecule has 0 atom stereocenters. The lowest BCUT2D eigenvalue weighted by atomic mass is 10.1. The van der Waals surface area contributed by atoms with Gasteiger partial charge in [0.1, 0.15) is 5.69 Å². The number of alkyl halides is 2. The number of benzene rings is 1. The Balaban J connectivity index is 2.73. The van der Waals surface area contributed by atoms with Crippen LogP contribution in [-0.4, -0.2) is 10.2 Å². The van der Waals surface area contributed by atoms with Crippen molar-refractivity contribution in [2.24, 2.45) is 0 Å². The molecule has 5 heteroatoms. The number of nitrogen functional groups attached to an aromatic ring is 1. The highest BCUT2D eigenvalue weighted by Gasteiger charge is 2.28. The maximum atomic E-state index is 13.0. The van der Waals surface area contributed by atoms with Gasteiger partial charge >= 0.3 is 0 Å². The van der Waals surface area contributed by atoms with E-state index in [0.717, 1.165) is 6.92 Å². The summed E-state index contributed by atoms with van der Waals surface area (Å²) in [4.78, 5) is 0. The van der Waals surface area contributed by atoms with Crippen LogP contribution in [0.2, 0.25) is 0 Å². The van der Waals surface area contributed by atoms with Gasteiger partial charge in [-0.15, -0.1) is 0 Å². The third-order valence-electron chi connectivity index (χ3n) is 2.02. The second kappa shape index (κ2) is 2.67. The third-order valence-corrected chi connectivity index (χ3v) is 2.02. The van der Waals surface area contributed by atoms with E-state index in [1.165, 1.54) is 6.07 Å². The second-order valence-corrected chi connectivity index (χ2v) is 3.26. The number of halogens is 2. The molecule has 0 amide bonds. The van der Waals surface area contributed by atoms with E-state index in [4.69, 9.17) is 5.73 Å². The number of aromatic amines is 1. The summed E-state index contributed by atoms with van der Waals surface area (Å²) in [6.07, 6.45) is 0. The zero-order valence-corrected chi connectivity index (χ0v) is 7.51. The van der Waals surface area contributed by atoms with Crippen LogP contribution >= 0.6 is 0 Å². The van der Waals surface area contributed by atoms with Gasteiger partial charge in [-0.25, -0.2) is 0 Å². The lowest BCUT2D eigenvalue weighted by Gasteiger charge is -2.07. The summed E-state index contributed by atoms with van der Waals surface area (Å²) in [7, 11) is 0. The monoisotopic (exact) mass is 197 g/mol. The second-order valence-electron chi connectivity index (χ2n) is 3.26. The predicted octanol–water partition coefficient (Wildman–Crippen LogP) is 2.26. The lowest BCUT2D eigenvalue weighted by molar-refractivity contribution is 0.0142. The number of nitrogens with one attached hydrogen (secondary N) is 1. The molecule has 2 rings (SSSR count). The van der Waals surface area contributed by atoms with Gasteiger partial charge in [0.15, 0.2) is 0 Å². The van der Waals surface area contributed by atoms with E-state index in [-0.39, 0.29) is 5.69 Å². The molecule has 0 spiro atoms. The summed E-state index contributed by atoms with van der Waals surface area (Å²) in [5, 5.41) is 6.46. The Morgan fingerprint density at radius 3 is 2.79 bits per heavy atom. The Morgan fingerprint density at radius 1 is 1.43 bits per heavy atom. The van der Waals surface area contributed by atoms with Crippen LogP contribution in [0.25, 0.3) is 10.9 Å². The number of hydrogen-bond donors (Lipinski definition) is 2. The number of nitrogens with two attached hydrogens (primary N) is 1. The first-order valence-corrected chi connectivity index (χ1v) is 4.10. The molecule has 2 aromatic rings. The van der Waals surface area contributed by atoms with Crippen molar-refractivity contribution in [2.45, 2.75) is 12.8 Å². The molecule has 0 saturated heterocycles. The Bertz CT molecular complexity index is 470. The van der Waals surface area contributed by atoms with E-state index >= 15 is 0 Å². The fourth-order valence-corrected chi connectivity index (χ4v) is 1.36. The minimum Gasteiger partial charge on any atom is -0.399 e. The number of H-pyrrole nitrogens is 1. The van der Waals surface area contributed by atoms with E-state index in [1.54, 1.807) is 12.1 Å². The zero-order chi connectivity index (χ0) is 10.3. The lowest BCUT2D eigenvalue weighted by Crippen LogP contribution is -2.07. The molecule has 0 aliphatic heterocycles. The highest BCUT2D eigenvalue weighted by atomic mass is 19.3. The first-order chi connectivity index (χ1) is 6.48. The van der Waals surface area contributed by atoms with Crippen molar-refractivity contribution in [3.8, 4) is 0 Å². The van der Waals surface area contributed by atoms with E-state index in [0.29, 0.717) is 16.6 Å². The molecule has 0 saturated carbocycles. The van der Waals surface area contributed by atoms with Crippen LogP contribution in [0.4, 0.5) is 14.5 Å². The average molecular weight is 197 g/mol. The van der Waals surface area contributed by atoms with Crippen molar-refractivity contribution < 1.29 is 8.78 Å². The van der Waals surface area contributed by atoms with Crippen molar-refractivity contribution in [2.75, 3.05) is 5.73 Å². The summed E-state index contributed by atoms with van der Waals surface area (Å²) in [6.45, 7) is 0.823. The maximum absolute atomic E-state index is 13.0. The first-order valence-electron chi connectivity index (χ1n) is 4.10. The normalized spacial score (nSPS) is 12.2. The predicted molar refractivity (Wildman–Crippen MR) is 50.1 cm³/mol. The van der Waals surface area contributed by atoms with Gasteiger partial charge in [-0.2, -0.15) is 13.9 Å². The third kappa shape index (κ3) is 1.30. The van der Waals surface area contributed by atoms with Crippen LogP contribution in [0.3, 0.4) is 0 Å². The summed E-state index contributed by atoms with van der Waals surface area (Å²) in [6, 6.07) is 4.72. The Morgan fingerprint density at radius 2 is 2.14 bits per heavy atom. The molecular weight excluding hydrogens is 188 g/mol. The molecule has 3 nitrogen and oxygen atoms in total. The Labute approximate surface area is 78.9 Å². The van der Waals surface area contributed by atoms with Gasteiger partial charge in [-0.3, -0.25) is 5.10 Å². The number of rotatable bonds is 1. The number of nitrogens with zero attached hydrogens (tertiary/aromatic N) is 1. The van der Waals surface area contributed by atoms with Gasteiger partial charge in [-0.05, 0) is 18.2 Å². The molecule has 1 aromatic heterocycles. The molecule has 3 N–H and O–H groups in total. The number of aromatic nitrogens is 2. The maximum Gasteiger partial charge on any atom is 0.287 e. The molecule has 0 unspecified atom stereocenters. The van der Waals surface area contributed by atoms with E-state index in [9.17, 15) is 8.78 Å². The quantitative estimate of drug-likeness (QED) is 0.689. The molecule has 0 radical (unpaired) electrons. The summed E-state index contributed by atoms with van der Waals surface area (Å²) >= 11 is 0. The highest BCUT2D eigenvalue weighted by Crippen LogP contribution is 2.31. The number of hydrogen-bond acceptors (Lipinski definition) is 2. The minimum absolute atomic E-state index is 0.195. The van der Waals surface area contributed by atoms with Crippen molar-refractivity contribution >= 4 is 16.6 Å². The number of anilines is 1. The van der Waals surface area contributed by atoms with E-state index < -0.39 is 5.92 Å². The fraction of sp³-hybridized carbons (Fsp3) is 0.222. The van der Waals surface area contributed by atoms with Crippen molar-refractivity contribution in [3.05, 3.63) is 23.9 Å². The van der Waals surface area contributed by atoms with E-state index in [2.05, 4.69) is 10.2 Å². The number of fused-ring (bicyclic) bond motifs is 1. The van der Waals surface area contributed by atoms with Gasteiger partial charge in [0.2, 0.25) is 0 Å². The van der Waals surface area contributed by atoms with Crippen molar-refractivity contribution in [1.82, 2.24) is 10.2 Å². The van der Waals surface area contributed by atoms with Gasteiger partial charge in [0.05, 0.1) is 5.52 Å². The molecule has 1 heterocycles. The zero-order valence-electron chi connectivity index (χ0n) is 7.51. The minimum atomic E-state index is -2.93. The summed E-state index contributed by atoms with van der Waals surface area (Å²) in [5.74, 6) is -2.93. The van der Waals surface area contributed by atoms with Crippen LogP contribution in [0.15, 0.2) is 18.2 Å². The van der Waals surface area contributed by atoms with Gasteiger partial charge < -0.3 is 5.73 Å².